The summed E-state index contributed by atoms with van der Waals surface area (Å²) in [6.07, 6.45) is 9.48. The third-order valence-corrected chi connectivity index (χ3v) is 4.38. The fourth-order valence-corrected chi connectivity index (χ4v) is 3.14. The van der Waals surface area contributed by atoms with Crippen LogP contribution in [0, 0.1) is 0 Å². The highest BCUT2D eigenvalue weighted by Gasteiger charge is 2.15. The topological polar surface area (TPSA) is 66.5 Å². The average Bonchev–Trinajstić information content (AvgIpc) is 3.19. The molecule has 1 aromatic rings. The number of hydrogen-bond donors (Lipinski definition) is 2. The number of nitrogens with one attached hydrogen (secondary N) is 1. The SMILES string of the molecule is I.NC(=NCc1ccc(N2CCCC2)nc1)NC1CCCC1. The molecule has 2 fully saturated rings. The smallest absolute Gasteiger partial charge is 0.189 e. The summed E-state index contributed by atoms with van der Waals surface area (Å²) >= 11 is 0. The summed E-state index contributed by atoms with van der Waals surface area (Å²) < 4.78 is 0. The Bertz CT molecular complexity index is 476. The quantitative estimate of drug-likeness (QED) is 0.451. The Morgan fingerprint density at radius 2 is 1.95 bits per heavy atom. The molecule has 2 heterocycles. The van der Waals surface area contributed by atoms with Crippen molar-refractivity contribution in [3.63, 3.8) is 0 Å². The molecule has 1 saturated carbocycles. The second-order valence-corrected chi connectivity index (χ2v) is 6.05. The summed E-state index contributed by atoms with van der Waals surface area (Å²) in [4.78, 5) is 11.3. The van der Waals surface area contributed by atoms with Gasteiger partial charge in [0.05, 0.1) is 6.54 Å². The first kappa shape index (κ1) is 17.3. The Labute approximate surface area is 149 Å². The van der Waals surface area contributed by atoms with Gasteiger partial charge in [-0.25, -0.2) is 9.98 Å². The lowest BCUT2D eigenvalue weighted by atomic mass is 10.2. The van der Waals surface area contributed by atoms with Crippen molar-refractivity contribution >= 4 is 35.8 Å². The molecular formula is C16H26IN5. The highest BCUT2D eigenvalue weighted by atomic mass is 127. The molecule has 0 atom stereocenters. The number of rotatable bonds is 4. The van der Waals surface area contributed by atoms with Gasteiger partial charge in [-0.15, -0.1) is 24.0 Å². The van der Waals surface area contributed by atoms with E-state index in [0.717, 1.165) is 24.5 Å². The molecule has 1 aliphatic heterocycles. The highest BCUT2D eigenvalue weighted by molar-refractivity contribution is 14.0. The van der Waals surface area contributed by atoms with Crippen LogP contribution in [0.25, 0.3) is 0 Å². The summed E-state index contributed by atoms with van der Waals surface area (Å²) in [7, 11) is 0. The van der Waals surface area contributed by atoms with Crippen molar-refractivity contribution in [2.45, 2.75) is 51.1 Å². The number of aromatic nitrogens is 1. The number of guanidine groups is 1. The van der Waals surface area contributed by atoms with E-state index < -0.39 is 0 Å². The molecule has 0 aromatic carbocycles. The molecule has 0 unspecified atom stereocenters. The van der Waals surface area contributed by atoms with E-state index in [1.54, 1.807) is 0 Å². The molecule has 1 aromatic heterocycles. The van der Waals surface area contributed by atoms with Gasteiger partial charge >= 0.3 is 0 Å². The minimum atomic E-state index is 0. The zero-order valence-corrected chi connectivity index (χ0v) is 15.3. The number of nitrogens with zero attached hydrogens (tertiary/aromatic N) is 3. The summed E-state index contributed by atoms with van der Waals surface area (Å²) in [6.45, 7) is 2.85. The van der Waals surface area contributed by atoms with Crippen molar-refractivity contribution in [2.24, 2.45) is 10.7 Å². The van der Waals surface area contributed by atoms with E-state index in [0.29, 0.717) is 18.5 Å². The minimum Gasteiger partial charge on any atom is -0.370 e. The van der Waals surface area contributed by atoms with Crippen LogP contribution in [0.15, 0.2) is 23.3 Å². The van der Waals surface area contributed by atoms with Gasteiger partial charge in [-0.05, 0) is 37.3 Å². The third kappa shape index (κ3) is 4.72. The number of pyridine rings is 1. The summed E-state index contributed by atoms with van der Waals surface area (Å²) in [5.41, 5.74) is 7.05. The van der Waals surface area contributed by atoms with Gasteiger partial charge in [0.15, 0.2) is 5.96 Å². The first-order valence-electron chi connectivity index (χ1n) is 8.07. The number of halogens is 1. The molecule has 1 saturated heterocycles. The van der Waals surface area contributed by atoms with E-state index >= 15 is 0 Å². The molecule has 3 N–H and O–H groups in total. The first-order chi connectivity index (χ1) is 10.3. The van der Waals surface area contributed by atoms with E-state index in [9.17, 15) is 0 Å². The predicted octanol–water partition coefficient (Wildman–Crippen LogP) is 2.65. The van der Waals surface area contributed by atoms with E-state index in [4.69, 9.17) is 5.73 Å². The van der Waals surface area contributed by atoms with Crippen molar-refractivity contribution in [1.29, 1.82) is 0 Å². The Balaban J connectivity index is 0.00000176. The predicted molar refractivity (Wildman–Crippen MR) is 102 cm³/mol. The molecule has 6 heteroatoms. The van der Waals surface area contributed by atoms with Crippen LogP contribution >= 0.6 is 24.0 Å². The van der Waals surface area contributed by atoms with Gasteiger partial charge in [0.2, 0.25) is 0 Å². The maximum Gasteiger partial charge on any atom is 0.189 e. The van der Waals surface area contributed by atoms with Crippen LogP contribution in [0.3, 0.4) is 0 Å². The zero-order chi connectivity index (χ0) is 14.5. The van der Waals surface area contributed by atoms with Gasteiger partial charge in [0, 0.05) is 25.3 Å². The van der Waals surface area contributed by atoms with E-state index in [1.165, 1.54) is 38.5 Å². The fraction of sp³-hybridized carbons (Fsp3) is 0.625. The van der Waals surface area contributed by atoms with Gasteiger partial charge < -0.3 is 16.0 Å². The number of aliphatic imine (C=N–C) groups is 1. The molecule has 0 spiro atoms. The molecule has 122 valence electrons. The molecule has 2 aliphatic rings. The Morgan fingerprint density at radius 3 is 2.59 bits per heavy atom. The summed E-state index contributed by atoms with van der Waals surface area (Å²) in [6, 6.07) is 4.72. The van der Waals surface area contributed by atoms with Gasteiger partial charge in [0.1, 0.15) is 5.82 Å². The van der Waals surface area contributed by atoms with Crippen molar-refractivity contribution in [3.05, 3.63) is 23.9 Å². The van der Waals surface area contributed by atoms with Crippen LogP contribution in [0.2, 0.25) is 0 Å². The van der Waals surface area contributed by atoms with Crippen LogP contribution in [-0.4, -0.2) is 30.1 Å². The Morgan fingerprint density at radius 1 is 1.23 bits per heavy atom. The maximum atomic E-state index is 5.94. The van der Waals surface area contributed by atoms with Crippen molar-refractivity contribution in [2.75, 3.05) is 18.0 Å². The molecular weight excluding hydrogens is 389 g/mol. The second kappa shape index (κ2) is 8.55. The lowest BCUT2D eigenvalue weighted by Gasteiger charge is -2.16. The number of nitrogens with two attached hydrogens (primary N) is 1. The molecule has 22 heavy (non-hydrogen) atoms. The summed E-state index contributed by atoms with van der Waals surface area (Å²) in [5, 5.41) is 3.30. The van der Waals surface area contributed by atoms with Crippen LogP contribution in [0.1, 0.15) is 44.1 Å². The molecule has 5 nitrogen and oxygen atoms in total. The van der Waals surface area contributed by atoms with Gasteiger partial charge in [-0.2, -0.15) is 0 Å². The first-order valence-corrected chi connectivity index (χ1v) is 8.07. The van der Waals surface area contributed by atoms with Crippen LogP contribution < -0.4 is 16.0 Å². The van der Waals surface area contributed by atoms with Gasteiger partial charge in [-0.1, -0.05) is 18.9 Å². The average molecular weight is 415 g/mol. The molecule has 1 aliphatic carbocycles. The summed E-state index contributed by atoms with van der Waals surface area (Å²) in [5.74, 6) is 1.64. The normalized spacial score (nSPS) is 19.3. The molecule has 0 bridgehead atoms. The van der Waals surface area contributed by atoms with Gasteiger partial charge in [-0.3, -0.25) is 0 Å². The zero-order valence-electron chi connectivity index (χ0n) is 13.0. The maximum absolute atomic E-state index is 5.94. The van der Waals surface area contributed by atoms with E-state index in [1.807, 2.05) is 6.20 Å². The van der Waals surface area contributed by atoms with Crippen LogP contribution in [0.5, 0.6) is 0 Å². The second-order valence-electron chi connectivity index (χ2n) is 6.05. The Hall–Kier alpha value is -1.05. The lowest BCUT2D eigenvalue weighted by molar-refractivity contribution is 0.625. The van der Waals surface area contributed by atoms with E-state index in [-0.39, 0.29) is 24.0 Å². The number of anilines is 1. The third-order valence-electron chi connectivity index (χ3n) is 4.38. The fourth-order valence-electron chi connectivity index (χ4n) is 3.14. The molecule has 0 radical (unpaired) electrons. The van der Waals surface area contributed by atoms with Gasteiger partial charge in [0.25, 0.3) is 0 Å². The van der Waals surface area contributed by atoms with E-state index in [2.05, 4.69) is 32.3 Å². The van der Waals surface area contributed by atoms with Crippen molar-refractivity contribution in [1.82, 2.24) is 10.3 Å². The standard InChI is InChI=1S/C16H25N5.HI/c17-16(20-14-5-1-2-6-14)19-12-13-7-8-15(18-11-13)21-9-3-4-10-21;/h7-8,11,14H,1-6,9-10,12H2,(H3,17,19,20);1H. The molecule has 0 amide bonds. The largest absolute Gasteiger partial charge is 0.370 e. The highest BCUT2D eigenvalue weighted by Crippen LogP contribution is 2.18. The molecule has 3 rings (SSSR count). The number of hydrogen-bond acceptors (Lipinski definition) is 3. The van der Waals surface area contributed by atoms with Crippen LogP contribution in [0.4, 0.5) is 5.82 Å². The van der Waals surface area contributed by atoms with Crippen LogP contribution in [-0.2, 0) is 6.54 Å². The lowest BCUT2D eigenvalue weighted by Crippen LogP contribution is -2.38. The monoisotopic (exact) mass is 415 g/mol. The minimum absolute atomic E-state index is 0. The van der Waals surface area contributed by atoms with Crippen molar-refractivity contribution < 1.29 is 0 Å². The van der Waals surface area contributed by atoms with Crippen molar-refractivity contribution in [3.8, 4) is 0 Å². The Kier molecular flexibility index (Phi) is 6.72.